The van der Waals surface area contributed by atoms with Crippen molar-refractivity contribution >= 4 is 17.9 Å². The first kappa shape index (κ1) is 79.1. The van der Waals surface area contributed by atoms with Gasteiger partial charge in [-0.15, -0.1) is 0 Å². The van der Waals surface area contributed by atoms with Crippen molar-refractivity contribution in [3.8, 4) is 0 Å². The number of allylic oxidation sites excluding steroid dienone is 18. The highest BCUT2D eigenvalue weighted by Crippen LogP contribution is 2.17. The van der Waals surface area contributed by atoms with Gasteiger partial charge in [-0.05, 0) is 109 Å². The van der Waals surface area contributed by atoms with Crippen LogP contribution in [0.2, 0.25) is 0 Å². The minimum Gasteiger partial charge on any atom is -0.462 e. The van der Waals surface area contributed by atoms with Gasteiger partial charge in [0.15, 0.2) is 6.10 Å². The fourth-order valence-corrected chi connectivity index (χ4v) is 9.99. The van der Waals surface area contributed by atoms with Gasteiger partial charge in [0.05, 0.1) is 0 Å². The molecule has 0 fully saturated rings. The molecule has 0 aromatic heterocycles. The molecule has 1 unspecified atom stereocenters. The van der Waals surface area contributed by atoms with E-state index in [1.165, 1.54) is 193 Å². The van der Waals surface area contributed by atoms with Crippen molar-refractivity contribution in [3.63, 3.8) is 0 Å². The van der Waals surface area contributed by atoms with E-state index in [1.54, 1.807) is 0 Å². The number of rotatable bonds is 64. The Kier molecular flexibility index (Phi) is 67.2. The average Bonchev–Trinajstić information content (AvgIpc) is 3.50. The van der Waals surface area contributed by atoms with E-state index < -0.39 is 6.10 Å². The molecule has 0 aliphatic rings. The van der Waals surface area contributed by atoms with Crippen molar-refractivity contribution in [2.24, 2.45) is 0 Å². The maximum Gasteiger partial charge on any atom is 0.306 e. The third kappa shape index (κ3) is 68.7. The zero-order valence-electron chi connectivity index (χ0n) is 54.7. The molecule has 83 heavy (non-hydrogen) atoms. The van der Waals surface area contributed by atoms with Crippen molar-refractivity contribution in [2.75, 3.05) is 13.2 Å². The molecule has 0 aromatic carbocycles. The van der Waals surface area contributed by atoms with Gasteiger partial charge >= 0.3 is 17.9 Å². The molecule has 0 aliphatic carbocycles. The fourth-order valence-electron chi connectivity index (χ4n) is 9.99. The van der Waals surface area contributed by atoms with Gasteiger partial charge in [0.1, 0.15) is 13.2 Å². The van der Waals surface area contributed by atoms with Crippen LogP contribution in [-0.4, -0.2) is 37.2 Å². The van der Waals surface area contributed by atoms with Gasteiger partial charge in [-0.1, -0.05) is 323 Å². The van der Waals surface area contributed by atoms with Crippen LogP contribution in [0.4, 0.5) is 0 Å². The van der Waals surface area contributed by atoms with Crippen LogP contribution in [0, 0.1) is 0 Å². The number of unbranched alkanes of at least 4 members (excludes halogenated alkanes) is 35. The highest BCUT2D eigenvalue weighted by atomic mass is 16.6. The second-order valence-corrected chi connectivity index (χ2v) is 23.4. The van der Waals surface area contributed by atoms with Crippen LogP contribution in [0.15, 0.2) is 109 Å². The molecule has 476 valence electrons. The Labute approximate surface area is 514 Å². The highest BCUT2D eigenvalue weighted by molar-refractivity contribution is 5.71. The van der Waals surface area contributed by atoms with Gasteiger partial charge in [0, 0.05) is 19.3 Å². The van der Waals surface area contributed by atoms with Crippen LogP contribution < -0.4 is 0 Å². The molecular weight excluding hydrogens is 1020 g/mol. The molecular formula is C77H132O6. The molecule has 0 aromatic rings. The first-order chi connectivity index (χ1) is 41.0. The van der Waals surface area contributed by atoms with E-state index in [0.717, 1.165) is 109 Å². The number of hydrogen-bond acceptors (Lipinski definition) is 6. The Morgan fingerprint density at radius 3 is 0.771 bits per heavy atom. The van der Waals surface area contributed by atoms with E-state index in [2.05, 4.69) is 130 Å². The van der Waals surface area contributed by atoms with Crippen LogP contribution in [0.25, 0.3) is 0 Å². The smallest absolute Gasteiger partial charge is 0.306 e. The largest absolute Gasteiger partial charge is 0.462 e. The predicted molar refractivity (Wildman–Crippen MR) is 362 cm³/mol. The van der Waals surface area contributed by atoms with Crippen molar-refractivity contribution in [1.82, 2.24) is 0 Å². The summed E-state index contributed by atoms with van der Waals surface area (Å²) in [6.07, 6.45) is 96.8. The lowest BCUT2D eigenvalue weighted by Crippen LogP contribution is -2.30. The standard InChI is InChI=1S/C77H132O6/c1-4-7-10-13-16-19-22-25-28-31-34-35-36-37-38-39-40-41-44-46-49-52-55-58-61-64-67-70-76(79)82-73-74(83-77(80)71-68-65-62-59-56-53-50-47-43-33-30-27-24-21-18-15-12-9-6-3)72-81-75(78)69-66-63-60-57-54-51-48-45-42-32-29-26-23-20-17-14-11-8-5-2/h7,10,16,19,25,27-28,30,34-35,37-38,40-41,46,49,55,58,74H,4-6,8-9,11-15,17-18,20-24,26,29,31-33,36,39,42-45,47-48,50-54,56-57,59-73H2,1-3H3/b10-7-,19-16-,28-25-,30-27-,35-34-,38-37-,41-40-,49-46-,58-55-. The summed E-state index contributed by atoms with van der Waals surface area (Å²) >= 11 is 0. The molecule has 0 amide bonds. The molecule has 0 rings (SSSR count). The van der Waals surface area contributed by atoms with E-state index in [1.807, 2.05) is 0 Å². The van der Waals surface area contributed by atoms with E-state index in [4.69, 9.17) is 14.2 Å². The number of esters is 3. The van der Waals surface area contributed by atoms with E-state index >= 15 is 0 Å². The number of hydrogen-bond donors (Lipinski definition) is 0. The summed E-state index contributed by atoms with van der Waals surface area (Å²) in [6.45, 7) is 6.53. The third-order valence-corrected chi connectivity index (χ3v) is 15.3. The van der Waals surface area contributed by atoms with Gasteiger partial charge in [0.25, 0.3) is 0 Å². The van der Waals surface area contributed by atoms with Crippen molar-refractivity contribution in [1.29, 1.82) is 0 Å². The van der Waals surface area contributed by atoms with Gasteiger partial charge in [-0.25, -0.2) is 0 Å². The molecule has 0 radical (unpaired) electrons. The Bertz CT molecular complexity index is 1660. The van der Waals surface area contributed by atoms with Gasteiger partial charge in [0.2, 0.25) is 0 Å². The van der Waals surface area contributed by atoms with Crippen LogP contribution in [-0.2, 0) is 28.6 Å². The Morgan fingerprint density at radius 2 is 0.470 bits per heavy atom. The molecule has 0 heterocycles. The van der Waals surface area contributed by atoms with Gasteiger partial charge in [-0.2, -0.15) is 0 Å². The minimum atomic E-state index is -0.799. The maximum absolute atomic E-state index is 13.0. The summed E-state index contributed by atoms with van der Waals surface area (Å²) in [5, 5.41) is 0. The molecule has 6 heteroatoms. The topological polar surface area (TPSA) is 78.9 Å². The van der Waals surface area contributed by atoms with Crippen LogP contribution >= 0.6 is 0 Å². The molecule has 0 bridgehead atoms. The molecule has 6 nitrogen and oxygen atoms in total. The minimum absolute atomic E-state index is 0.0902. The molecule has 0 saturated heterocycles. The number of carbonyl (C=O) groups is 3. The Hall–Kier alpha value is -3.93. The summed E-state index contributed by atoms with van der Waals surface area (Å²) in [5.74, 6) is -0.922. The Balaban J connectivity index is 4.44. The highest BCUT2D eigenvalue weighted by Gasteiger charge is 2.19. The van der Waals surface area contributed by atoms with E-state index in [-0.39, 0.29) is 31.1 Å². The molecule has 0 N–H and O–H groups in total. The summed E-state index contributed by atoms with van der Waals surface area (Å²) in [5.41, 5.74) is 0. The molecule has 0 saturated carbocycles. The van der Waals surface area contributed by atoms with E-state index in [9.17, 15) is 14.4 Å². The Morgan fingerprint density at radius 1 is 0.253 bits per heavy atom. The first-order valence-electron chi connectivity index (χ1n) is 35.4. The average molecular weight is 1150 g/mol. The van der Waals surface area contributed by atoms with Crippen LogP contribution in [0.3, 0.4) is 0 Å². The molecule has 1 atom stereocenters. The first-order valence-corrected chi connectivity index (χ1v) is 35.4. The monoisotopic (exact) mass is 1150 g/mol. The normalized spacial score (nSPS) is 12.8. The predicted octanol–water partition coefficient (Wildman–Crippen LogP) is 24.6. The quantitative estimate of drug-likeness (QED) is 0.0261. The van der Waals surface area contributed by atoms with E-state index in [0.29, 0.717) is 19.3 Å². The molecule has 0 aliphatic heterocycles. The molecule has 0 spiro atoms. The van der Waals surface area contributed by atoms with Crippen LogP contribution in [0.1, 0.15) is 342 Å². The zero-order chi connectivity index (χ0) is 59.9. The maximum atomic E-state index is 13.0. The summed E-state index contributed by atoms with van der Waals surface area (Å²) < 4.78 is 17.0. The van der Waals surface area contributed by atoms with Crippen molar-refractivity contribution in [2.45, 2.75) is 348 Å². The lowest BCUT2D eigenvalue weighted by molar-refractivity contribution is -0.167. The third-order valence-electron chi connectivity index (χ3n) is 15.3. The van der Waals surface area contributed by atoms with Crippen molar-refractivity contribution < 1.29 is 28.6 Å². The van der Waals surface area contributed by atoms with Crippen molar-refractivity contribution in [3.05, 3.63) is 109 Å². The summed E-state index contributed by atoms with van der Waals surface area (Å²) in [6, 6.07) is 0. The number of ether oxygens (including phenoxy) is 3. The summed E-state index contributed by atoms with van der Waals surface area (Å²) in [4.78, 5) is 38.5. The lowest BCUT2D eigenvalue weighted by Gasteiger charge is -2.18. The SMILES string of the molecule is CC/C=C\C/C=C\C/C=C\C/C=C\C/C=C\C/C=C\C/C=C\C/C=C\CCCCC(=O)OCC(COC(=O)CCCCCCCCCCCCCCCCCCCCC)OC(=O)CCCCCCCCCCC/C=C\CCCCCCCC. The van der Waals surface area contributed by atoms with Gasteiger partial charge in [-0.3, -0.25) is 14.4 Å². The van der Waals surface area contributed by atoms with Crippen LogP contribution in [0.5, 0.6) is 0 Å². The lowest BCUT2D eigenvalue weighted by atomic mass is 10.0. The fraction of sp³-hybridized carbons (Fsp3) is 0.727. The second kappa shape index (κ2) is 70.6. The number of carbonyl (C=O) groups excluding carboxylic acids is 3. The second-order valence-electron chi connectivity index (χ2n) is 23.4. The van der Waals surface area contributed by atoms with Gasteiger partial charge < -0.3 is 14.2 Å². The zero-order valence-corrected chi connectivity index (χ0v) is 54.7. The summed E-state index contributed by atoms with van der Waals surface area (Å²) in [7, 11) is 0.